The fourth-order valence-electron chi connectivity index (χ4n) is 3.80. The highest BCUT2D eigenvalue weighted by molar-refractivity contribution is 5.98. The number of cyclic esters (lactones) is 1. The van der Waals surface area contributed by atoms with Crippen molar-refractivity contribution >= 4 is 22.6 Å². The molecule has 0 aliphatic carbocycles. The van der Waals surface area contributed by atoms with Crippen LogP contribution in [0.25, 0.3) is 16.6 Å². The molecule has 142 valence electrons. The van der Waals surface area contributed by atoms with Gasteiger partial charge in [-0.1, -0.05) is 0 Å². The van der Waals surface area contributed by atoms with E-state index in [1.165, 1.54) is 36.5 Å². The Hall–Kier alpha value is -3.99. The van der Waals surface area contributed by atoms with Gasteiger partial charge in [-0.3, -0.25) is 5.10 Å². The lowest BCUT2D eigenvalue weighted by Crippen LogP contribution is -2.26. The van der Waals surface area contributed by atoms with Crippen molar-refractivity contribution in [3.05, 3.63) is 82.2 Å². The summed E-state index contributed by atoms with van der Waals surface area (Å²) in [5, 5.41) is 20.2. The van der Waals surface area contributed by atoms with E-state index in [9.17, 15) is 14.4 Å². The molecule has 0 bridgehead atoms. The van der Waals surface area contributed by atoms with Crippen LogP contribution in [0, 0.1) is 23.0 Å². The van der Waals surface area contributed by atoms with Crippen molar-refractivity contribution in [2.75, 3.05) is 6.61 Å². The molecule has 0 saturated carbocycles. The molecule has 2 aliphatic rings. The lowest BCUT2D eigenvalue weighted by Gasteiger charge is -2.27. The van der Waals surface area contributed by atoms with Gasteiger partial charge in [-0.2, -0.15) is 10.4 Å². The van der Waals surface area contributed by atoms with Crippen molar-refractivity contribution in [3.8, 4) is 6.07 Å². The number of nitriles is 1. The number of hydrogen-bond donors (Lipinski definition) is 2. The summed E-state index contributed by atoms with van der Waals surface area (Å²) in [5.41, 5.74) is 2.42. The molecule has 8 heteroatoms. The number of halogens is 2. The number of nitrogens with zero attached hydrogens (tertiary/aromatic N) is 2. The number of nitrogens with one attached hydrogen (secondary N) is 2. The molecule has 0 radical (unpaired) electrons. The number of carbonyl (C=O) groups excluding carboxylic acids is 1. The van der Waals surface area contributed by atoms with Gasteiger partial charge < -0.3 is 10.1 Å². The number of fused-ring (bicyclic) bond motifs is 1. The minimum Gasteiger partial charge on any atom is -0.456 e. The van der Waals surface area contributed by atoms with Crippen LogP contribution < -0.4 is 5.32 Å². The lowest BCUT2D eigenvalue weighted by atomic mass is 9.79. The number of benzene rings is 2. The van der Waals surface area contributed by atoms with Crippen LogP contribution in [-0.4, -0.2) is 22.8 Å². The van der Waals surface area contributed by atoms with Crippen molar-refractivity contribution in [2.45, 2.75) is 5.92 Å². The molecule has 5 rings (SSSR count). The van der Waals surface area contributed by atoms with E-state index in [1.807, 2.05) is 0 Å². The Kier molecular flexibility index (Phi) is 3.71. The highest BCUT2D eigenvalue weighted by Gasteiger charge is 2.41. The first kappa shape index (κ1) is 17.1. The van der Waals surface area contributed by atoms with Crippen LogP contribution in [0.5, 0.6) is 0 Å². The summed E-state index contributed by atoms with van der Waals surface area (Å²) < 4.78 is 33.6. The van der Waals surface area contributed by atoms with E-state index in [4.69, 9.17) is 4.74 Å². The number of aromatic nitrogens is 2. The molecule has 0 saturated heterocycles. The summed E-state index contributed by atoms with van der Waals surface area (Å²) in [6, 6.07) is 10.5. The minimum atomic E-state index is -0.953. The van der Waals surface area contributed by atoms with Gasteiger partial charge in [0.05, 0.1) is 46.2 Å². The summed E-state index contributed by atoms with van der Waals surface area (Å²) in [4.78, 5) is 12.4. The molecule has 2 aliphatic heterocycles. The number of hydrogen-bond acceptors (Lipinski definition) is 5. The Labute approximate surface area is 163 Å². The maximum Gasteiger partial charge on any atom is 0.337 e. The Bertz CT molecular complexity index is 1280. The van der Waals surface area contributed by atoms with Crippen LogP contribution in [-0.2, 0) is 9.53 Å². The van der Waals surface area contributed by atoms with Gasteiger partial charge in [-0.25, -0.2) is 13.6 Å². The second kappa shape index (κ2) is 6.27. The molecule has 0 amide bonds. The molecule has 1 aromatic heterocycles. The molecule has 1 unspecified atom stereocenters. The SMILES string of the molecule is N#CC1=C(c2ccc(F)cc2)NC2=C(C(=O)OC2)C1c1cc2cn[nH]c2cc1F. The second-order valence-electron chi connectivity index (χ2n) is 6.76. The molecular formula is C21H12F2N4O2. The van der Waals surface area contributed by atoms with Gasteiger partial charge in [0.1, 0.15) is 18.2 Å². The van der Waals surface area contributed by atoms with Crippen LogP contribution in [0.1, 0.15) is 17.0 Å². The predicted octanol–water partition coefficient (Wildman–Crippen LogP) is 3.27. The number of carbonyl (C=O) groups is 1. The third-order valence-electron chi connectivity index (χ3n) is 5.14. The summed E-state index contributed by atoms with van der Waals surface area (Å²) in [6.45, 7) is -0.0103. The summed E-state index contributed by atoms with van der Waals surface area (Å²) in [7, 11) is 0. The fraction of sp³-hybridized carbons (Fsp3) is 0.0952. The molecule has 0 spiro atoms. The van der Waals surface area contributed by atoms with Crippen LogP contribution in [0.2, 0.25) is 0 Å². The summed E-state index contributed by atoms with van der Waals surface area (Å²) >= 11 is 0. The normalized spacial score (nSPS) is 18.5. The van der Waals surface area contributed by atoms with Crippen LogP contribution in [0.15, 0.2) is 59.4 Å². The van der Waals surface area contributed by atoms with Crippen molar-refractivity contribution in [1.82, 2.24) is 15.5 Å². The van der Waals surface area contributed by atoms with E-state index >= 15 is 4.39 Å². The Balaban J connectivity index is 1.77. The molecular weight excluding hydrogens is 378 g/mol. The van der Waals surface area contributed by atoms with E-state index in [0.717, 1.165) is 0 Å². The van der Waals surface area contributed by atoms with Gasteiger partial charge in [-0.15, -0.1) is 0 Å². The van der Waals surface area contributed by atoms with Gasteiger partial charge >= 0.3 is 5.97 Å². The van der Waals surface area contributed by atoms with Crippen LogP contribution in [0.3, 0.4) is 0 Å². The highest BCUT2D eigenvalue weighted by atomic mass is 19.1. The molecule has 29 heavy (non-hydrogen) atoms. The molecule has 2 N–H and O–H groups in total. The maximum atomic E-state index is 15.0. The third kappa shape index (κ3) is 2.59. The van der Waals surface area contributed by atoms with Gasteiger partial charge in [0.2, 0.25) is 0 Å². The van der Waals surface area contributed by atoms with Gasteiger partial charge in [-0.05, 0) is 42.0 Å². The van der Waals surface area contributed by atoms with E-state index in [-0.39, 0.29) is 23.3 Å². The number of dihydropyridines is 1. The quantitative estimate of drug-likeness (QED) is 0.656. The number of rotatable bonds is 2. The van der Waals surface area contributed by atoms with E-state index in [1.54, 1.807) is 6.07 Å². The lowest BCUT2D eigenvalue weighted by molar-refractivity contribution is -0.136. The van der Waals surface area contributed by atoms with Crippen molar-refractivity contribution in [1.29, 1.82) is 5.26 Å². The smallest absolute Gasteiger partial charge is 0.337 e. The Morgan fingerprint density at radius 2 is 2.00 bits per heavy atom. The highest BCUT2D eigenvalue weighted by Crippen LogP contribution is 2.44. The zero-order valence-corrected chi connectivity index (χ0v) is 14.8. The fourth-order valence-corrected chi connectivity index (χ4v) is 3.80. The maximum absolute atomic E-state index is 15.0. The monoisotopic (exact) mass is 390 g/mol. The average molecular weight is 390 g/mol. The first-order valence-electron chi connectivity index (χ1n) is 8.76. The Morgan fingerprint density at radius 1 is 1.21 bits per heavy atom. The van der Waals surface area contributed by atoms with E-state index in [0.29, 0.717) is 27.9 Å². The standard InChI is InChI=1S/C21H12F2N4O2/c22-12-3-1-10(2-4-12)20-14(7-24)18(19-17(26-20)9-29-21(19)28)13-5-11-8-25-27-16(11)6-15(13)23/h1-6,8,18,26H,9H2,(H,25,27). The zero-order valence-electron chi connectivity index (χ0n) is 14.8. The summed E-state index contributed by atoms with van der Waals surface area (Å²) in [6.07, 6.45) is 1.54. The minimum absolute atomic E-state index is 0.0103. The number of H-pyrrole nitrogens is 1. The topological polar surface area (TPSA) is 90.8 Å². The molecule has 6 nitrogen and oxygen atoms in total. The molecule has 1 atom stereocenters. The van der Waals surface area contributed by atoms with Gasteiger partial charge in [0.25, 0.3) is 0 Å². The number of esters is 1. The summed E-state index contributed by atoms with van der Waals surface area (Å²) in [5.74, 6) is -2.55. The average Bonchev–Trinajstić information content (AvgIpc) is 3.32. The van der Waals surface area contributed by atoms with E-state index < -0.39 is 23.5 Å². The van der Waals surface area contributed by atoms with Crippen molar-refractivity contribution in [2.24, 2.45) is 0 Å². The van der Waals surface area contributed by atoms with Crippen LogP contribution in [0.4, 0.5) is 8.78 Å². The van der Waals surface area contributed by atoms with E-state index in [2.05, 4.69) is 21.6 Å². The zero-order chi connectivity index (χ0) is 20.1. The second-order valence-corrected chi connectivity index (χ2v) is 6.76. The largest absolute Gasteiger partial charge is 0.456 e. The Morgan fingerprint density at radius 3 is 2.76 bits per heavy atom. The van der Waals surface area contributed by atoms with Gasteiger partial charge in [0.15, 0.2) is 0 Å². The molecule has 3 heterocycles. The first-order chi connectivity index (χ1) is 14.1. The van der Waals surface area contributed by atoms with Crippen molar-refractivity contribution in [3.63, 3.8) is 0 Å². The predicted molar refractivity (Wildman–Crippen MR) is 98.8 cm³/mol. The van der Waals surface area contributed by atoms with Gasteiger partial charge in [0, 0.05) is 10.9 Å². The molecule has 3 aromatic rings. The first-order valence-corrected chi connectivity index (χ1v) is 8.76. The molecule has 2 aromatic carbocycles. The third-order valence-corrected chi connectivity index (χ3v) is 5.14. The van der Waals surface area contributed by atoms with Crippen LogP contribution >= 0.6 is 0 Å². The number of allylic oxidation sites excluding steroid dienone is 1. The number of aromatic amines is 1. The molecule has 0 fully saturated rings. The van der Waals surface area contributed by atoms with Crippen molar-refractivity contribution < 1.29 is 18.3 Å². The number of ether oxygens (including phenoxy) is 1.